The zero-order valence-electron chi connectivity index (χ0n) is 12.0. The standard InChI is InChI=1S/C14H18N4O3.ClH/c19-14(16-8-9-6-15-7-9)10-1-4-12(17-11-2-3-11)13(5-10)18(20)21;/h1,4-5,9,11,15,17H,2-3,6-8H2,(H,16,19);1H. The number of benzene rings is 1. The van der Waals surface area contributed by atoms with E-state index in [-0.39, 0.29) is 24.0 Å². The molecule has 22 heavy (non-hydrogen) atoms. The maximum absolute atomic E-state index is 12.0. The fraction of sp³-hybridized carbons (Fsp3) is 0.500. The minimum atomic E-state index is -0.447. The molecule has 1 amide bonds. The number of anilines is 1. The van der Waals surface area contributed by atoms with Gasteiger partial charge in [0.1, 0.15) is 5.69 Å². The largest absolute Gasteiger partial charge is 0.377 e. The normalized spacial score (nSPS) is 17.1. The maximum atomic E-state index is 12.0. The zero-order valence-corrected chi connectivity index (χ0v) is 12.8. The van der Waals surface area contributed by atoms with Crippen molar-refractivity contribution in [3.05, 3.63) is 33.9 Å². The number of hydrogen-bond donors (Lipinski definition) is 3. The highest BCUT2D eigenvalue weighted by Crippen LogP contribution is 2.31. The molecule has 7 nitrogen and oxygen atoms in total. The van der Waals surface area contributed by atoms with Crippen LogP contribution in [-0.4, -0.2) is 36.5 Å². The van der Waals surface area contributed by atoms with Crippen LogP contribution in [0, 0.1) is 16.0 Å². The Morgan fingerprint density at radius 2 is 2.09 bits per heavy atom. The summed E-state index contributed by atoms with van der Waals surface area (Å²) in [6.45, 7) is 2.41. The SMILES string of the molecule is Cl.O=C(NCC1CNC1)c1ccc(NC2CC2)c([N+](=O)[O-])c1. The van der Waals surface area contributed by atoms with E-state index in [0.29, 0.717) is 29.8 Å². The first-order valence-electron chi connectivity index (χ1n) is 7.17. The number of carbonyl (C=O) groups is 1. The van der Waals surface area contributed by atoms with E-state index in [1.807, 2.05) is 0 Å². The predicted molar refractivity (Wildman–Crippen MR) is 85.7 cm³/mol. The van der Waals surface area contributed by atoms with E-state index in [4.69, 9.17) is 0 Å². The van der Waals surface area contributed by atoms with Gasteiger partial charge >= 0.3 is 0 Å². The van der Waals surface area contributed by atoms with Crippen LogP contribution in [0.3, 0.4) is 0 Å². The number of hydrogen-bond acceptors (Lipinski definition) is 5. The molecule has 0 radical (unpaired) electrons. The molecule has 2 aliphatic rings. The topological polar surface area (TPSA) is 96.3 Å². The minimum Gasteiger partial charge on any atom is -0.377 e. The van der Waals surface area contributed by atoms with Crippen molar-refractivity contribution in [2.75, 3.05) is 25.0 Å². The molecule has 120 valence electrons. The van der Waals surface area contributed by atoms with Crippen LogP contribution in [0.15, 0.2) is 18.2 Å². The molecule has 1 heterocycles. The number of rotatable bonds is 6. The second kappa shape index (κ2) is 6.93. The van der Waals surface area contributed by atoms with Gasteiger partial charge in [-0.3, -0.25) is 14.9 Å². The van der Waals surface area contributed by atoms with Gasteiger partial charge in [-0.05, 0) is 25.0 Å². The van der Waals surface area contributed by atoms with Gasteiger partial charge in [0.05, 0.1) is 4.92 Å². The van der Waals surface area contributed by atoms with Crippen LogP contribution >= 0.6 is 12.4 Å². The van der Waals surface area contributed by atoms with Crippen LogP contribution < -0.4 is 16.0 Å². The Balaban J connectivity index is 0.00000176. The van der Waals surface area contributed by atoms with Gasteiger partial charge in [0, 0.05) is 43.2 Å². The highest BCUT2D eigenvalue weighted by molar-refractivity contribution is 5.95. The Hall–Kier alpha value is -1.86. The Labute approximate surface area is 134 Å². The van der Waals surface area contributed by atoms with Crippen molar-refractivity contribution in [1.82, 2.24) is 10.6 Å². The van der Waals surface area contributed by atoms with Crippen molar-refractivity contribution in [3.8, 4) is 0 Å². The summed E-state index contributed by atoms with van der Waals surface area (Å²) in [6.07, 6.45) is 2.07. The first kappa shape index (κ1) is 16.5. The minimum absolute atomic E-state index is 0. The lowest BCUT2D eigenvalue weighted by Gasteiger charge is -2.27. The second-order valence-corrected chi connectivity index (χ2v) is 5.64. The Bertz CT molecular complexity index is 573. The molecule has 0 aromatic heterocycles. The van der Waals surface area contributed by atoms with E-state index in [9.17, 15) is 14.9 Å². The molecule has 1 saturated carbocycles. The van der Waals surface area contributed by atoms with Crippen LogP contribution in [0.25, 0.3) is 0 Å². The third-order valence-electron chi connectivity index (χ3n) is 3.81. The number of halogens is 1. The van der Waals surface area contributed by atoms with Crippen molar-refractivity contribution >= 4 is 29.7 Å². The van der Waals surface area contributed by atoms with E-state index >= 15 is 0 Å². The van der Waals surface area contributed by atoms with E-state index in [1.54, 1.807) is 12.1 Å². The fourth-order valence-corrected chi connectivity index (χ4v) is 2.23. The van der Waals surface area contributed by atoms with Crippen molar-refractivity contribution in [1.29, 1.82) is 0 Å². The van der Waals surface area contributed by atoms with Crippen molar-refractivity contribution in [2.45, 2.75) is 18.9 Å². The summed E-state index contributed by atoms with van der Waals surface area (Å²) in [5, 5.41) is 20.2. The summed E-state index contributed by atoms with van der Waals surface area (Å²) < 4.78 is 0. The molecule has 0 unspecified atom stereocenters. The second-order valence-electron chi connectivity index (χ2n) is 5.64. The molecular weight excluding hydrogens is 308 g/mol. The predicted octanol–water partition coefficient (Wildman–Crippen LogP) is 1.54. The third-order valence-corrected chi connectivity index (χ3v) is 3.81. The van der Waals surface area contributed by atoms with Gasteiger partial charge in [0.2, 0.25) is 0 Å². The Morgan fingerprint density at radius 1 is 1.36 bits per heavy atom. The van der Waals surface area contributed by atoms with Crippen molar-refractivity contribution < 1.29 is 9.72 Å². The molecule has 1 aliphatic carbocycles. The molecule has 2 fully saturated rings. The van der Waals surface area contributed by atoms with Crippen LogP contribution in [0.2, 0.25) is 0 Å². The summed E-state index contributed by atoms with van der Waals surface area (Å²) in [4.78, 5) is 22.7. The summed E-state index contributed by atoms with van der Waals surface area (Å²) >= 11 is 0. The van der Waals surface area contributed by atoms with Gasteiger partial charge in [-0.1, -0.05) is 0 Å². The highest BCUT2D eigenvalue weighted by atomic mass is 35.5. The lowest BCUT2D eigenvalue weighted by molar-refractivity contribution is -0.384. The summed E-state index contributed by atoms with van der Waals surface area (Å²) in [6, 6.07) is 4.93. The molecule has 1 aromatic carbocycles. The zero-order chi connectivity index (χ0) is 14.8. The first-order chi connectivity index (χ1) is 10.1. The summed E-state index contributed by atoms with van der Waals surface area (Å²) in [7, 11) is 0. The number of nitrogens with one attached hydrogen (secondary N) is 3. The average Bonchev–Trinajstić information content (AvgIpc) is 3.21. The van der Waals surface area contributed by atoms with Gasteiger partial charge in [0.15, 0.2) is 0 Å². The first-order valence-corrected chi connectivity index (χ1v) is 7.17. The smallest absolute Gasteiger partial charge is 0.293 e. The number of nitro benzene ring substituents is 1. The fourth-order valence-electron chi connectivity index (χ4n) is 2.23. The van der Waals surface area contributed by atoms with Crippen molar-refractivity contribution in [3.63, 3.8) is 0 Å². The van der Waals surface area contributed by atoms with Gasteiger partial charge < -0.3 is 16.0 Å². The number of nitro groups is 1. The highest BCUT2D eigenvalue weighted by Gasteiger charge is 2.25. The van der Waals surface area contributed by atoms with E-state index in [2.05, 4.69) is 16.0 Å². The average molecular weight is 327 g/mol. The molecule has 1 aromatic rings. The van der Waals surface area contributed by atoms with Crippen molar-refractivity contribution in [2.24, 2.45) is 5.92 Å². The molecule has 8 heteroatoms. The monoisotopic (exact) mass is 326 g/mol. The van der Waals surface area contributed by atoms with Gasteiger partial charge in [-0.15, -0.1) is 12.4 Å². The number of amides is 1. The van der Waals surface area contributed by atoms with E-state index in [0.717, 1.165) is 25.9 Å². The van der Waals surface area contributed by atoms with Gasteiger partial charge in [0.25, 0.3) is 11.6 Å². The van der Waals surface area contributed by atoms with Crippen LogP contribution in [0.1, 0.15) is 23.2 Å². The molecule has 0 bridgehead atoms. The van der Waals surface area contributed by atoms with Crippen LogP contribution in [0.4, 0.5) is 11.4 Å². The van der Waals surface area contributed by atoms with Gasteiger partial charge in [-0.25, -0.2) is 0 Å². The number of carbonyl (C=O) groups excluding carboxylic acids is 1. The van der Waals surface area contributed by atoms with Crippen LogP contribution in [0.5, 0.6) is 0 Å². The van der Waals surface area contributed by atoms with E-state index in [1.165, 1.54) is 6.07 Å². The third kappa shape index (κ3) is 3.86. The molecule has 1 aliphatic heterocycles. The van der Waals surface area contributed by atoms with Gasteiger partial charge in [-0.2, -0.15) is 0 Å². The molecule has 0 atom stereocenters. The lowest BCUT2D eigenvalue weighted by Crippen LogP contribution is -2.48. The van der Waals surface area contributed by atoms with E-state index < -0.39 is 4.92 Å². The molecular formula is C14H19ClN4O3. The molecule has 3 N–H and O–H groups in total. The Morgan fingerprint density at radius 3 is 2.64 bits per heavy atom. The molecule has 3 rings (SSSR count). The lowest BCUT2D eigenvalue weighted by atomic mass is 10.0. The quantitative estimate of drug-likeness (QED) is 0.544. The Kier molecular flexibility index (Phi) is 5.20. The number of nitrogens with zero attached hydrogens (tertiary/aromatic N) is 1. The maximum Gasteiger partial charge on any atom is 0.293 e. The summed E-state index contributed by atoms with van der Waals surface area (Å²) in [5.41, 5.74) is 0.775. The van der Waals surface area contributed by atoms with Crippen LogP contribution in [-0.2, 0) is 0 Å². The summed E-state index contributed by atoms with van der Waals surface area (Å²) in [5.74, 6) is 0.197. The molecule has 0 spiro atoms. The molecule has 1 saturated heterocycles.